The maximum atomic E-state index is 13.5. The van der Waals surface area contributed by atoms with E-state index in [4.69, 9.17) is 11.6 Å². The van der Waals surface area contributed by atoms with Gasteiger partial charge in [0.2, 0.25) is 0 Å². The van der Waals surface area contributed by atoms with E-state index >= 15 is 0 Å². The molecule has 0 saturated heterocycles. The van der Waals surface area contributed by atoms with Crippen molar-refractivity contribution >= 4 is 45.9 Å². The van der Waals surface area contributed by atoms with E-state index in [-0.39, 0.29) is 20.9 Å². The van der Waals surface area contributed by atoms with Gasteiger partial charge in [0.05, 0.1) is 25.9 Å². The van der Waals surface area contributed by atoms with E-state index in [0.29, 0.717) is 10.2 Å². The monoisotopic (exact) mass is 416 g/mol. The van der Waals surface area contributed by atoms with Crippen LogP contribution in [-0.4, -0.2) is 9.55 Å². The number of aryl methyl sites for hydroxylation is 1. The zero-order valence-electron chi connectivity index (χ0n) is 13.9. The van der Waals surface area contributed by atoms with Crippen LogP contribution in [0.1, 0.15) is 17.6 Å². The number of nitrogens with zero attached hydrogens (tertiary/aromatic N) is 4. The summed E-state index contributed by atoms with van der Waals surface area (Å²) in [5, 5.41) is 21.1. The molecule has 0 amide bonds. The molecular formula is C18H10ClFN4OS2. The Morgan fingerprint density at radius 1 is 1.41 bits per heavy atom. The minimum Gasteiger partial charge on any atom is -0.267 e. The van der Waals surface area contributed by atoms with Crippen molar-refractivity contribution < 1.29 is 4.39 Å². The molecule has 0 aliphatic heterocycles. The number of nitriles is 2. The molecule has 0 fully saturated rings. The van der Waals surface area contributed by atoms with Crippen molar-refractivity contribution in [2.24, 2.45) is 0 Å². The molecule has 0 N–H and O–H groups in total. The van der Waals surface area contributed by atoms with Crippen molar-refractivity contribution in [3.8, 4) is 17.8 Å². The average molecular weight is 417 g/mol. The van der Waals surface area contributed by atoms with E-state index in [2.05, 4.69) is 4.98 Å². The van der Waals surface area contributed by atoms with Gasteiger partial charge in [-0.2, -0.15) is 10.5 Å². The van der Waals surface area contributed by atoms with Gasteiger partial charge >= 0.3 is 0 Å². The van der Waals surface area contributed by atoms with Crippen LogP contribution in [0.3, 0.4) is 0 Å². The van der Waals surface area contributed by atoms with E-state index in [1.165, 1.54) is 28.0 Å². The molecule has 0 aliphatic carbocycles. The fourth-order valence-corrected chi connectivity index (χ4v) is 4.23. The van der Waals surface area contributed by atoms with Crippen LogP contribution in [0.25, 0.3) is 17.3 Å². The van der Waals surface area contributed by atoms with E-state index in [1.807, 2.05) is 12.3 Å². The Morgan fingerprint density at radius 3 is 2.74 bits per heavy atom. The molecule has 5 nitrogen and oxygen atoms in total. The van der Waals surface area contributed by atoms with E-state index in [9.17, 15) is 19.7 Å². The summed E-state index contributed by atoms with van der Waals surface area (Å²) < 4.78 is 15.2. The minimum absolute atomic E-state index is 0.157. The zero-order chi connectivity index (χ0) is 19.6. The van der Waals surface area contributed by atoms with Gasteiger partial charge in [0.1, 0.15) is 22.6 Å². The second kappa shape index (κ2) is 7.85. The molecular weight excluding hydrogens is 407 g/mol. The molecule has 3 aromatic rings. The molecule has 0 unspecified atom stereocenters. The Kier molecular flexibility index (Phi) is 5.52. The summed E-state index contributed by atoms with van der Waals surface area (Å²) in [6, 6.07) is 7.36. The van der Waals surface area contributed by atoms with Gasteiger partial charge in [-0.3, -0.25) is 9.36 Å². The van der Waals surface area contributed by atoms with Gasteiger partial charge in [-0.05, 0) is 30.7 Å². The van der Waals surface area contributed by atoms with Crippen LogP contribution in [0.15, 0.2) is 28.4 Å². The summed E-state index contributed by atoms with van der Waals surface area (Å²) in [5.74, 6) is -0.628. The van der Waals surface area contributed by atoms with Crippen LogP contribution in [0.2, 0.25) is 5.02 Å². The van der Waals surface area contributed by atoms with Gasteiger partial charge in [0, 0.05) is 5.38 Å². The van der Waals surface area contributed by atoms with Crippen LogP contribution < -0.4 is 14.8 Å². The third-order valence-corrected chi connectivity index (χ3v) is 5.97. The summed E-state index contributed by atoms with van der Waals surface area (Å²) in [6.07, 6.45) is 2.40. The molecule has 0 radical (unpaired) electrons. The van der Waals surface area contributed by atoms with Gasteiger partial charge in [0.25, 0.3) is 5.56 Å². The fraction of sp³-hybridized carbons (Fsp3) is 0.111. The van der Waals surface area contributed by atoms with E-state index < -0.39 is 11.4 Å². The number of hydrogen-bond donors (Lipinski definition) is 0. The Bertz CT molecular complexity index is 1270. The van der Waals surface area contributed by atoms with Crippen molar-refractivity contribution in [2.45, 2.75) is 13.3 Å². The Labute approximate surface area is 166 Å². The highest BCUT2D eigenvalue weighted by molar-refractivity contribution is 7.09. The SMILES string of the molecule is CCc1nc(C=c2sc(=C(C#N)C#N)n(-c3ccc(F)c(Cl)c3)c2=O)cs1. The first-order chi connectivity index (χ1) is 13.0. The minimum atomic E-state index is -0.628. The second-order valence-corrected chi connectivity index (χ2v) is 7.65. The molecule has 134 valence electrons. The second-order valence-electron chi connectivity index (χ2n) is 5.27. The predicted octanol–water partition coefficient (Wildman–Crippen LogP) is 2.74. The number of aromatic nitrogens is 2. The molecule has 27 heavy (non-hydrogen) atoms. The molecule has 0 bridgehead atoms. The van der Waals surface area contributed by atoms with Crippen molar-refractivity contribution in [3.05, 3.63) is 64.7 Å². The van der Waals surface area contributed by atoms with Crippen LogP contribution in [-0.2, 0) is 6.42 Å². The molecule has 0 aliphatic rings. The van der Waals surface area contributed by atoms with E-state index in [1.54, 1.807) is 18.2 Å². The predicted molar refractivity (Wildman–Crippen MR) is 104 cm³/mol. The van der Waals surface area contributed by atoms with Crippen LogP contribution in [0.4, 0.5) is 4.39 Å². The maximum Gasteiger partial charge on any atom is 0.273 e. The first kappa shape index (κ1) is 19.0. The summed E-state index contributed by atoms with van der Waals surface area (Å²) in [5.41, 5.74) is 0.241. The first-order valence-corrected chi connectivity index (χ1v) is 9.73. The zero-order valence-corrected chi connectivity index (χ0v) is 16.3. The van der Waals surface area contributed by atoms with Gasteiger partial charge in [-0.25, -0.2) is 9.37 Å². The lowest BCUT2D eigenvalue weighted by Crippen LogP contribution is -2.30. The summed E-state index contributed by atoms with van der Waals surface area (Å²) in [6.45, 7) is 1.98. The van der Waals surface area contributed by atoms with Crippen molar-refractivity contribution in [3.63, 3.8) is 0 Å². The number of hydrogen-bond acceptors (Lipinski definition) is 6. The standard InChI is InChI=1S/C18H10ClFN4OS2/c1-2-16-23-11(9-26-16)5-15-17(25)24(18(27-15)10(7-21)8-22)12-3-4-14(20)13(19)6-12/h3-6,9H,2H2,1H3. The summed E-state index contributed by atoms with van der Waals surface area (Å²) in [7, 11) is 0. The number of thiazole rings is 2. The molecule has 2 heterocycles. The normalized spacial score (nSPS) is 11.2. The first-order valence-electron chi connectivity index (χ1n) is 7.66. The van der Waals surface area contributed by atoms with Crippen LogP contribution >= 0.6 is 34.3 Å². The number of benzene rings is 1. The van der Waals surface area contributed by atoms with Gasteiger partial charge in [0.15, 0.2) is 5.57 Å². The van der Waals surface area contributed by atoms with Crippen molar-refractivity contribution in [2.75, 3.05) is 0 Å². The third-order valence-electron chi connectivity index (χ3n) is 3.57. The lowest BCUT2D eigenvalue weighted by molar-refractivity contribution is 0.627. The molecule has 3 rings (SSSR count). The van der Waals surface area contributed by atoms with Crippen molar-refractivity contribution in [1.29, 1.82) is 10.5 Å². The molecule has 9 heteroatoms. The highest BCUT2D eigenvalue weighted by atomic mass is 35.5. The average Bonchev–Trinajstić information content (AvgIpc) is 3.24. The Morgan fingerprint density at radius 2 is 2.15 bits per heavy atom. The highest BCUT2D eigenvalue weighted by Gasteiger charge is 2.13. The molecule has 1 aromatic carbocycles. The molecule has 0 atom stereocenters. The van der Waals surface area contributed by atoms with Crippen molar-refractivity contribution in [1.82, 2.24) is 9.55 Å². The molecule has 0 saturated carbocycles. The lowest BCUT2D eigenvalue weighted by Gasteiger charge is -2.03. The van der Waals surface area contributed by atoms with Gasteiger partial charge in [-0.15, -0.1) is 22.7 Å². The molecule has 2 aromatic heterocycles. The number of rotatable bonds is 3. The van der Waals surface area contributed by atoms with Crippen LogP contribution in [0, 0.1) is 28.5 Å². The third kappa shape index (κ3) is 3.69. The topological polar surface area (TPSA) is 82.5 Å². The van der Waals surface area contributed by atoms with E-state index in [0.717, 1.165) is 28.8 Å². The Hall–Kier alpha value is -2.78. The smallest absolute Gasteiger partial charge is 0.267 e. The maximum absolute atomic E-state index is 13.5. The number of halogens is 2. The Balaban J connectivity index is 2.36. The quantitative estimate of drug-likeness (QED) is 0.657. The van der Waals surface area contributed by atoms with Gasteiger partial charge < -0.3 is 0 Å². The van der Waals surface area contributed by atoms with Crippen LogP contribution in [0.5, 0.6) is 0 Å². The summed E-state index contributed by atoms with van der Waals surface area (Å²) in [4.78, 5) is 17.4. The highest BCUT2D eigenvalue weighted by Crippen LogP contribution is 2.17. The lowest BCUT2D eigenvalue weighted by atomic mass is 10.3. The summed E-state index contributed by atoms with van der Waals surface area (Å²) >= 11 is 8.32. The fourth-order valence-electron chi connectivity index (χ4n) is 2.32. The largest absolute Gasteiger partial charge is 0.273 e. The molecule has 0 spiro atoms. The van der Waals surface area contributed by atoms with Gasteiger partial charge in [-0.1, -0.05) is 18.5 Å².